The third kappa shape index (κ3) is 4.86. The van der Waals surface area contributed by atoms with Crippen LogP contribution in [0.3, 0.4) is 0 Å². The molecular weight excluding hydrogens is 411 g/mol. The molecule has 0 atom stereocenters. The van der Waals surface area contributed by atoms with Gasteiger partial charge in [-0.1, -0.05) is 49.7 Å². The van der Waals surface area contributed by atoms with Crippen molar-refractivity contribution in [1.82, 2.24) is 9.78 Å². The van der Waals surface area contributed by atoms with Crippen LogP contribution in [-0.2, 0) is 0 Å². The van der Waals surface area contributed by atoms with Gasteiger partial charge in [-0.05, 0) is 47.9 Å². The van der Waals surface area contributed by atoms with E-state index >= 15 is 0 Å². The molecule has 1 aromatic heterocycles. The van der Waals surface area contributed by atoms with Crippen LogP contribution in [0.4, 0.5) is 0 Å². The molecule has 3 aromatic rings. The van der Waals surface area contributed by atoms with E-state index in [4.69, 9.17) is 32.7 Å². The molecule has 2 aromatic carbocycles. The van der Waals surface area contributed by atoms with E-state index in [-0.39, 0.29) is 5.56 Å². The third-order valence-electron chi connectivity index (χ3n) is 4.18. The molecule has 29 heavy (non-hydrogen) atoms. The molecule has 0 aliphatic heterocycles. The predicted octanol–water partition coefficient (Wildman–Crippen LogP) is 3.75. The van der Waals surface area contributed by atoms with Crippen molar-refractivity contribution < 1.29 is 9.47 Å². The van der Waals surface area contributed by atoms with Gasteiger partial charge in [0.2, 0.25) is 0 Å². The van der Waals surface area contributed by atoms with E-state index in [2.05, 4.69) is 25.5 Å². The third-order valence-corrected chi connectivity index (χ3v) is 4.62. The Kier molecular flexibility index (Phi) is 6.40. The molecule has 0 radical (unpaired) electrons. The Morgan fingerprint density at radius 3 is 2.45 bits per heavy atom. The zero-order valence-corrected chi connectivity index (χ0v) is 18.0. The summed E-state index contributed by atoms with van der Waals surface area (Å²) in [5.74, 6) is 1.66. The first-order valence-corrected chi connectivity index (χ1v) is 9.83. The van der Waals surface area contributed by atoms with Crippen molar-refractivity contribution in [3.63, 3.8) is 0 Å². The van der Waals surface area contributed by atoms with Gasteiger partial charge in [-0.2, -0.15) is 0 Å². The van der Waals surface area contributed by atoms with Crippen molar-refractivity contribution in [2.24, 2.45) is 5.92 Å². The molecule has 0 saturated heterocycles. The topological polar surface area (TPSA) is 56.2 Å². The Labute approximate surface area is 178 Å². The standard InChI is InChI=1S/C22H22Cl2N2O3/c1-13(2)12-29-20-6-5-15(8-21(20)28-4)7-19-14(3)25-26(22(19)27)18-10-16(23)9-17(24)11-18/h5-11,13,25H,3,12H2,1-2,4H3/b19-7-. The van der Waals surface area contributed by atoms with Crippen molar-refractivity contribution in [2.45, 2.75) is 13.8 Å². The first kappa shape index (κ1) is 21.1. The molecule has 0 aliphatic carbocycles. The molecule has 0 saturated carbocycles. The number of aromatic amines is 1. The minimum Gasteiger partial charge on any atom is -0.493 e. The highest BCUT2D eigenvalue weighted by atomic mass is 35.5. The molecule has 0 bridgehead atoms. The maximum absolute atomic E-state index is 12.9. The number of ether oxygens (including phenoxy) is 2. The maximum atomic E-state index is 12.9. The van der Waals surface area contributed by atoms with E-state index in [1.54, 1.807) is 31.4 Å². The molecule has 152 valence electrons. The smallest absolute Gasteiger partial charge is 0.279 e. The fraction of sp³-hybridized carbons (Fsp3) is 0.227. The maximum Gasteiger partial charge on any atom is 0.279 e. The van der Waals surface area contributed by atoms with Gasteiger partial charge in [0.15, 0.2) is 11.5 Å². The highest BCUT2D eigenvalue weighted by Gasteiger charge is 2.09. The minimum absolute atomic E-state index is 0.257. The van der Waals surface area contributed by atoms with Gasteiger partial charge in [0.25, 0.3) is 5.56 Å². The van der Waals surface area contributed by atoms with Gasteiger partial charge in [0.05, 0.1) is 30.0 Å². The molecule has 0 amide bonds. The highest BCUT2D eigenvalue weighted by molar-refractivity contribution is 6.34. The summed E-state index contributed by atoms with van der Waals surface area (Å²) < 4.78 is 12.6. The molecule has 5 nitrogen and oxygen atoms in total. The summed E-state index contributed by atoms with van der Waals surface area (Å²) in [4.78, 5) is 12.9. The zero-order chi connectivity index (χ0) is 21.1. The monoisotopic (exact) mass is 432 g/mol. The SMILES string of the molecule is C=c1[nH]n(-c2cc(Cl)cc(Cl)c2)c(=O)/c1=C\c1ccc(OCC(C)C)c(OC)c1. The zero-order valence-electron chi connectivity index (χ0n) is 16.5. The van der Waals surface area contributed by atoms with Gasteiger partial charge in [0, 0.05) is 10.0 Å². The number of benzene rings is 2. The van der Waals surface area contributed by atoms with E-state index in [9.17, 15) is 4.79 Å². The van der Waals surface area contributed by atoms with Crippen molar-refractivity contribution >= 4 is 35.9 Å². The quantitative estimate of drug-likeness (QED) is 0.644. The van der Waals surface area contributed by atoms with Crippen molar-refractivity contribution in [1.29, 1.82) is 0 Å². The summed E-state index contributed by atoms with van der Waals surface area (Å²) in [5, 5.41) is 4.75. The average molecular weight is 433 g/mol. The molecule has 1 heterocycles. The second-order valence-corrected chi connectivity index (χ2v) is 7.90. The van der Waals surface area contributed by atoms with Crippen molar-refractivity contribution in [3.8, 4) is 17.2 Å². The molecule has 0 fully saturated rings. The summed E-state index contributed by atoms with van der Waals surface area (Å²) in [6, 6.07) is 10.4. The molecule has 1 N–H and O–H groups in total. The number of hydrogen-bond donors (Lipinski definition) is 1. The van der Waals surface area contributed by atoms with Gasteiger partial charge in [-0.15, -0.1) is 0 Å². The van der Waals surface area contributed by atoms with E-state index in [1.165, 1.54) is 4.68 Å². The second-order valence-electron chi connectivity index (χ2n) is 7.03. The number of nitrogens with one attached hydrogen (secondary N) is 1. The number of hydrogen-bond acceptors (Lipinski definition) is 3. The summed E-state index contributed by atoms with van der Waals surface area (Å²) >= 11 is 12.1. The molecular formula is C22H22Cl2N2O3. The lowest BCUT2D eigenvalue weighted by Crippen LogP contribution is -2.33. The normalized spacial score (nSPS) is 11.9. The summed E-state index contributed by atoms with van der Waals surface area (Å²) in [5.41, 5.74) is 1.07. The lowest BCUT2D eigenvalue weighted by Gasteiger charge is -2.12. The summed E-state index contributed by atoms with van der Waals surface area (Å²) in [6.45, 7) is 8.69. The lowest BCUT2D eigenvalue weighted by molar-refractivity contribution is 0.257. The van der Waals surface area contributed by atoms with Crippen LogP contribution in [0.1, 0.15) is 19.4 Å². The van der Waals surface area contributed by atoms with Crippen LogP contribution in [0, 0.1) is 5.92 Å². The Hall–Kier alpha value is -2.63. The predicted molar refractivity (Wildman–Crippen MR) is 118 cm³/mol. The van der Waals surface area contributed by atoms with Crippen LogP contribution >= 0.6 is 23.2 Å². The van der Waals surface area contributed by atoms with Crippen LogP contribution in [-0.4, -0.2) is 23.5 Å². The molecule has 0 spiro atoms. The first-order chi connectivity index (χ1) is 13.8. The lowest BCUT2D eigenvalue weighted by atomic mass is 10.1. The van der Waals surface area contributed by atoms with E-state index in [1.807, 2.05) is 18.2 Å². The second kappa shape index (κ2) is 8.80. The van der Waals surface area contributed by atoms with Gasteiger partial charge >= 0.3 is 0 Å². The molecule has 0 aliphatic rings. The number of aromatic nitrogens is 2. The van der Waals surface area contributed by atoms with Crippen LogP contribution in [0.2, 0.25) is 10.0 Å². The molecule has 0 unspecified atom stereocenters. The number of methoxy groups -OCH3 is 1. The fourth-order valence-corrected chi connectivity index (χ4v) is 3.33. The van der Waals surface area contributed by atoms with Crippen LogP contribution in [0.25, 0.3) is 18.3 Å². The Bertz CT molecular complexity index is 1180. The minimum atomic E-state index is -0.257. The van der Waals surface area contributed by atoms with E-state index in [0.29, 0.717) is 50.3 Å². The van der Waals surface area contributed by atoms with E-state index < -0.39 is 0 Å². The van der Waals surface area contributed by atoms with Crippen LogP contribution in [0.5, 0.6) is 11.5 Å². The van der Waals surface area contributed by atoms with Gasteiger partial charge in [-0.3, -0.25) is 9.89 Å². The van der Waals surface area contributed by atoms with E-state index in [0.717, 1.165) is 5.56 Å². The molecule has 7 heteroatoms. The Morgan fingerprint density at radius 1 is 1.14 bits per heavy atom. The number of nitrogens with zero attached hydrogens (tertiary/aromatic N) is 1. The molecule has 3 rings (SSSR count). The first-order valence-electron chi connectivity index (χ1n) is 9.07. The van der Waals surface area contributed by atoms with Gasteiger partial charge < -0.3 is 9.47 Å². The van der Waals surface area contributed by atoms with Gasteiger partial charge in [0.1, 0.15) is 0 Å². The Morgan fingerprint density at radius 2 is 1.83 bits per heavy atom. The van der Waals surface area contributed by atoms with Crippen molar-refractivity contribution in [2.75, 3.05) is 13.7 Å². The highest BCUT2D eigenvalue weighted by Crippen LogP contribution is 2.28. The summed E-state index contributed by atoms with van der Waals surface area (Å²) in [7, 11) is 1.58. The van der Waals surface area contributed by atoms with Crippen LogP contribution < -0.4 is 25.6 Å². The Balaban J connectivity index is 2.04. The average Bonchev–Trinajstić information content (AvgIpc) is 2.94. The largest absolute Gasteiger partial charge is 0.493 e. The number of H-pyrrole nitrogens is 1. The van der Waals surface area contributed by atoms with Crippen molar-refractivity contribution in [3.05, 3.63) is 72.9 Å². The van der Waals surface area contributed by atoms with Gasteiger partial charge in [-0.25, -0.2) is 4.68 Å². The fourth-order valence-electron chi connectivity index (χ4n) is 2.81. The van der Waals surface area contributed by atoms with Crippen LogP contribution in [0.15, 0.2) is 41.2 Å². The number of halogens is 2. The summed E-state index contributed by atoms with van der Waals surface area (Å²) in [6.07, 6.45) is 1.75. The number of rotatable bonds is 6.